The molecule has 3 heterocycles. The van der Waals surface area contributed by atoms with Crippen molar-refractivity contribution in [2.75, 3.05) is 0 Å². The van der Waals surface area contributed by atoms with E-state index in [2.05, 4.69) is 64.1 Å². The highest BCUT2D eigenvalue weighted by atomic mass is 15.0. The smallest absolute Gasteiger partial charge is 0.179 e. The molecule has 0 radical (unpaired) electrons. The van der Waals surface area contributed by atoms with Crippen LogP contribution >= 0.6 is 0 Å². The molecule has 0 fully saturated rings. The molecule has 3 aromatic heterocycles. The summed E-state index contributed by atoms with van der Waals surface area (Å²) in [6, 6.07) is 38.9. The highest BCUT2D eigenvalue weighted by Crippen LogP contribution is 2.34. The van der Waals surface area contributed by atoms with E-state index in [1.807, 2.05) is 67.0 Å². The molecule has 5 heteroatoms. The van der Waals surface area contributed by atoms with Crippen molar-refractivity contribution in [2.45, 2.75) is 0 Å². The van der Waals surface area contributed by atoms with Gasteiger partial charge in [-0.25, -0.2) is 15.0 Å². The number of imidazole rings is 1. The first-order valence-corrected chi connectivity index (χ1v) is 12.2. The molecule has 174 valence electrons. The lowest BCUT2D eigenvalue weighted by atomic mass is 10.0. The molecule has 0 atom stereocenters. The van der Waals surface area contributed by atoms with E-state index < -0.39 is 0 Å². The SMILES string of the molecule is c1ccc(-c2cccnc2-c2nc(-c3ccc4ncn(-c5ccccc5)c4c3)c3ccccc3n2)cc1. The lowest BCUT2D eigenvalue weighted by Gasteiger charge is -2.12. The summed E-state index contributed by atoms with van der Waals surface area (Å²) < 4.78 is 2.11. The molecular formula is C32H21N5. The maximum atomic E-state index is 5.12. The van der Waals surface area contributed by atoms with Gasteiger partial charge in [0.2, 0.25) is 0 Å². The molecule has 0 aliphatic heterocycles. The van der Waals surface area contributed by atoms with Gasteiger partial charge in [0.1, 0.15) is 12.0 Å². The van der Waals surface area contributed by atoms with Crippen molar-refractivity contribution < 1.29 is 0 Å². The molecule has 7 rings (SSSR count). The lowest BCUT2D eigenvalue weighted by molar-refractivity contribution is 1.09. The van der Waals surface area contributed by atoms with Crippen molar-refractivity contribution in [3.8, 4) is 39.6 Å². The Bertz CT molecular complexity index is 1870. The van der Waals surface area contributed by atoms with E-state index in [-0.39, 0.29) is 0 Å². The first-order chi connectivity index (χ1) is 18.3. The molecule has 0 amide bonds. The Morgan fingerprint density at radius 2 is 1.32 bits per heavy atom. The largest absolute Gasteiger partial charge is 0.299 e. The Morgan fingerprint density at radius 3 is 2.19 bits per heavy atom. The number of para-hydroxylation sites is 2. The van der Waals surface area contributed by atoms with E-state index in [1.165, 1.54) is 0 Å². The fraction of sp³-hybridized carbons (Fsp3) is 0. The zero-order chi connectivity index (χ0) is 24.6. The Kier molecular flexibility index (Phi) is 5.03. The van der Waals surface area contributed by atoms with Crippen LogP contribution in [0.3, 0.4) is 0 Å². The van der Waals surface area contributed by atoms with Gasteiger partial charge in [-0.3, -0.25) is 9.55 Å². The lowest BCUT2D eigenvalue weighted by Crippen LogP contribution is -1.99. The van der Waals surface area contributed by atoms with Gasteiger partial charge < -0.3 is 0 Å². The minimum Gasteiger partial charge on any atom is -0.299 e. The fourth-order valence-corrected chi connectivity index (χ4v) is 4.79. The van der Waals surface area contributed by atoms with Gasteiger partial charge in [-0.1, -0.05) is 78.9 Å². The third-order valence-electron chi connectivity index (χ3n) is 6.56. The molecule has 0 saturated heterocycles. The maximum absolute atomic E-state index is 5.12. The summed E-state index contributed by atoms with van der Waals surface area (Å²) in [5.41, 5.74) is 8.61. The van der Waals surface area contributed by atoms with Gasteiger partial charge in [0.25, 0.3) is 0 Å². The van der Waals surface area contributed by atoms with Crippen LogP contribution in [0, 0.1) is 0 Å². The zero-order valence-electron chi connectivity index (χ0n) is 19.9. The monoisotopic (exact) mass is 475 g/mol. The number of hydrogen-bond acceptors (Lipinski definition) is 4. The molecule has 37 heavy (non-hydrogen) atoms. The Labute approximate surface area is 213 Å². The number of fused-ring (bicyclic) bond motifs is 2. The second-order valence-corrected chi connectivity index (χ2v) is 8.83. The number of hydrogen-bond donors (Lipinski definition) is 0. The second kappa shape index (κ2) is 8.81. The quantitative estimate of drug-likeness (QED) is 0.267. The van der Waals surface area contributed by atoms with Crippen molar-refractivity contribution in [2.24, 2.45) is 0 Å². The predicted molar refractivity (Wildman–Crippen MR) is 148 cm³/mol. The molecule has 7 aromatic rings. The van der Waals surface area contributed by atoms with E-state index in [1.54, 1.807) is 6.20 Å². The van der Waals surface area contributed by atoms with Gasteiger partial charge in [0.15, 0.2) is 5.82 Å². The fourth-order valence-electron chi connectivity index (χ4n) is 4.79. The number of aromatic nitrogens is 5. The van der Waals surface area contributed by atoms with Crippen LogP contribution in [0.4, 0.5) is 0 Å². The van der Waals surface area contributed by atoms with Gasteiger partial charge in [-0.2, -0.15) is 0 Å². The van der Waals surface area contributed by atoms with Crippen LogP contribution in [-0.2, 0) is 0 Å². The van der Waals surface area contributed by atoms with E-state index in [0.29, 0.717) is 5.82 Å². The summed E-state index contributed by atoms with van der Waals surface area (Å²) in [5, 5.41) is 0.994. The normalized spacial score (nSPS) is 11.2. The zero-order valence-corrected chi connectivity index (χ0v) is 19.9. The van der Waals surface area contributed by atoms with E-state index in [9.17, 15) is 0 Å². The average molecular weight is 476 g/mol. The maximum Gasteiger partial charge on any atom is 0.179 e. The van der Waals surface area contributed by atoms with Gasteiger partial charge in [0.05, 0.1) is 22.2 Å². The van der Waals surface area contributed by atoms with Crippen molar-refractivity contribution in [3.05, 3.63) is 128 Å². The van der Waals surface area contributed by atoms with E-state index >= 15 is 0 Å². The van der Waals surface area contributed by atoms with Crippen molar-refractivity contribution >= 4 is 21.9 Å². The predicted octanol–water partition coefficient (Wildman–Crippen LogP) is 7.36. The summed E-state index contributed by atoms with van der Waals surface area (Å²) >= 11 is 0. The van der Waals surface area contributed by atoms with Gasteiger partial charge in [-0.15, -0.1) is 0 Å². The molecule has 0 aliphatic carbocycles. The number of nitrogens with zero attached hydrogens (tertiary/aromatic N) is 5. The molecule has 4 aromatic carbocycles. The van der Waals surface area contributed by atoms with Gasteiger partial charge >= 0.3 is 0 Å². The van der Waals surface area contributed by atoms with Gasteiger partial charge in [0, 0.05) is 28.4 Å². The molecule has 0 aliphatic rings. The van der Waals surface area contributed by atoms with Crippen LogP contribution < -0.4 is 0 Å². The summed E-state index contributed by atoms with van der Waals surface area (Å²) in [4.78, 5) is 19.4. The second-order valence-electron chi connectivity index (χ2n) is 8.83. The molecule has 0 N–H and O–H groups in total. The van der Waals surface area contributed by atoms with Crippen LogP contribution in [0.1, 0.15) is 0 Å². The molecule has 0 bridgehead atoms. The van der Waals surface area contributed by atoms with Crippen LogP contribution in [-0.4, -0.2) is 24.5 Å². The summed E-state index contributed by atoms with van der Waals surface area (Å²) in [6.07, 6.45) is 3.66. The van der Waals surface area contributed by atoms with E-state index in [0.717, 1.165) is 55.7 Å². The minimum absolute atomic E-state index is 0.602. The van der Waals surface area contributed by atoms with Crippen molar-refractivity contribution in [1.82, 2.24) is 24.5 Å². The van der Waals surface area contributed by atoms with Crippen molar-refractivity contribution in [3.63, 3.8) is 0 Å². The molecule has 0 saturated carbocycles. The highest BCUT2D eigenvalue weighted by molar-refractivity contribution is 5.96. The first kappa shape index (κ1) is 21.1. The van der Waals surface area contributed by atoms with Crippen LogP contribution in [0.2, 0.25) is 0 Å². The molecular weight excluding hydrogens is 454 g/mol. The molecule has 5 nitrogen and oxygen atoms in total. The first-order valence-electron chi connectivity index (χ1n) is 12.2. The van der Waals surface area contributed by atoms with Crippen LogP contribution in [0.15, 0.2) is 128 Å². The van der Waals surface area contributed by atoms with Crippen LogP contribution in [0.5, 0.6) is 0 Å². The molecule has 0 unspecified atom stereocenters. The van der Waals surface area contributed by atoms with E-state index in [4.69, 9.17) is 15.0 Å². The third kappa shape index (κ3) is 3.74. The number of pyridine rings is 1. The standard InChI is InChI=1S/C32H21N5/c1-3-10-22(11-4-1)25-15-9-19-33-31(25)32-35-27-16-8-7-14-26(27)30(36-32)23-17-18-28-29(20-23)37(21-34-28)24-12-5-2-6-13-24/h1-21H. The number of benzene rings is 4. The summed E-state index contributed by atoms with van der Waals surface area (Å²) in [5.74, 6) is 0.602. The van der Waals surface area contributed by atoms with Crippen molar-refractivity contribution in [1.29, 1.82) is 0 Å². The number of rotatable bonds is 4. The Balaban J connectivity index is 1.45. The topological polar surface area (TPSA) is 56.5 Å². The third-order valence-corrected chi connectivity index (χ3v) is 6.56. The average Bonchev–Trinajstić information content (AvgIpc) is 3.41. The van der Waals surface area contributed by atoms with Gasteiger partial charge in [-0.05, 0) is 42.0 Å². The Hall–Kier alpha value is -5.16. The Morgan fingerprint density at radius 1 is 0.541 bits per heavy atom. The highest BCUT2D eigenvalue weighted by Gasteiger charge is 2.16. The molecule has 0 spiro atoms. The van der Waals surface area contributed by atoms with Crippen LogP contribution in [0.25, 0.3) is 61.5 Å². The summed E-state index contributed by atoms with van der Waals surface area (Å²) in [7, 11) is 0. The minimum atomic E-state index is 0.602. The summed E-state index contributed by atoms with van der Waals surface area (Å²) in [6.45, 7) is 0.